The van der Waals surface area contributed by atoms with Gasteiger partial charge in [0.2, 0.25) is 0 Å². The maximum absolute atomic E-state index is 12.5. The van der Waals surface area contributed by atoms with Crippen LogP contribution in [0, 0.1) is 0 Å². The van der Waals surface area contributed by atoms with E-state index in [-0.39, 0.29) is 0 Å². The summed E-state index contributed by atoms with van der Waals surface area (Å²) in [5, 5.41) is 4.16. The number of hydrogen-bond acceptors (Lipinski definition) is 5. The number of rotatable bonds is 14. The van der Waals surface area contributed by atoms with Crippen LogP contribution in [0.2, 0.25) is 0 Å². The van der Waals surface area contributed by atoms with Crippen LogP contribution in [0.5, 0.6) is 11.5 Å². The Morgan fingerprint density at radius 2 is 1.48 bits per heavy atom. The molecule has 0 unspecified atom stereocenters. The lowest BCUT2D eigenvalue weighted by Gasteiger charge is -2.08. The van der Waals surface area contributed by atoms with Crippen molar-refractivity contribution in [3.8, 4) is 22.8 Å². The molecule has 1 aromatic heterocycles. The number of carbonyl (C=O) groups is 1. The average Bonchev–Trinajstić information content (AvgIpc) is 3.31. The number of nitrogens with zero attached hydrogens (tertiary/aromatic N) is 1. The highest BCUT2D eigenvalue weighted by atomic mass is 16.5. The summed E-state index contributed by atoms with van der Waals surface area (Å²) in [6.45, 7) is 5.09. The van der Waals surface area contributed by atoms with Crippen molar-refractivity contribution < 1.29 is 18.8 Å². The predicted octanol–water partition coefficient (Wildman–Crippen LogP) is 7.64. The van der Waals surface area contributed by atoms with Gasteiger partial charge in [-0.05, 0) is 61.4 Å². The fourth-order valence-electron chi connectivity index (χ4n) is 3.56. The lowest BCUT2D eigenvalue weighted by Crippen LogP contribution is -2.08. The first-order valence-electron chi connectivity index (χ1n) is 12.2. The molecule has 0 fully saturated rings. The molecule has 176 valence electrons. The number of benzene rings is 2. The van der Waals surface area contributed by atoms with E-state index in [1.807, 2.05) is 30.3 Å². The van der Waals surface area contributed by atoms with Gasteiger partial charge < -0.3 is 14.0 Å². The summed E-state index contributed by atoms with van der Waals surface area (Å²) >= 11 is 0. The van der Waals surface area contributed by atoms with Crippen molar-refractivity contribution in [2.45, 2.75) is 71.6 Å². The summed E-state index contributed by atoms with van der Waals surface area (Å²) in [6.07, 6.45) is 10.4. The summed E-state index contributed by atoms with van der Waals surface area (Å²) < 4.78 is 16.7. The van der Waals surface area contributed by atoms with Crippen molar-refractivity contribution in [2.24, 2.45) is 0 Å². The smallest absolute Gasteiger partial charge is 0.343 e. The summed E-state index contributed by atoms with van der Waals surface area (Å²) in [4.78, 5) is 12.5. The highest BCUT2D eigenvalue weighted by Gasteiger charge is 2.11. The molecule has 3 rings (SSSR count). The van der Waals surface area contributed by atoms with Crippen molar-refractivity contribution in [3.05, 3.63) is 65.9 Å². The van der Waals surface area contributed by atoms with Crippen LogP contribution in [-0.4, -0.2) is 17.7 Å². The van der Waals surface area contributed by atoms with Crippen LogP contribution in [0.1, 0.15) is 81.3 Å². The number of carbonyl (C=O) groups excluding carboxylic acids is 1. The van der Waals surface area contributed by atoms with Gasteiger partial charge in [0.15, 0.2) is 0 Å². The van der Waals surface area contributed by atoms with Gasteiger partial charge in [0.25, 0.3) is 0 Å². The minimum absolute atomic E-state index is 0.395. The Morgan fingerprint density at radius 3 is 2.21 bits per heavy atom. The number of esters is 1. The normalized spacial score (nSPS) is 10.8. The zero-order valence-corrected chi connectivity index (χ0v) is 19.8. The third-order valence-corrected chi connectivity index (χ3v) is 5.55. The minimum Gasteiger partial charge on any atom is -0.494 e. The van der Waals surface area contributed by atoms with Crippen molar-refractivity contribution in [3.63, 3.8) is 0 Å². The van der Waals surface area contributed by atoms with Gasteiger partial charge in [-0.15, -0.1) is 0 Å². The Bertz CT molecular complexity index is 960. The predicted molar refractivity (Wildman–Crippen MR) is 131 cm³/mol. The molecule has 1 heterocycles. The second-order valence-corrected chi connectivity index (χ2v) is 8.34. The van der Waals surface area contributed by atoms with Gasteiger partial charge in [0.1, 0.15) is 23.0 Å². The van der Waals surface area contributed by atoms with Gasteiger partial charge in [0.05, 0.1) is 12.2 Å². The molecule has 0 aliphatic heterocycles. The van der Waals surface area contributed by atoms with Crippen molar-refractivity contribution in [1.29, 1.82) is 0 Å². The van der Waals surface area contributed by atoms with Crippen molar-refractivity contribution >= 4 is 5.97 Å². The third-order valence-electron chi connectivity index (χ3n) is 5.55. The Hall–Kier alpha value is -3.08. The topological polar surface area (TPSA) is 61.6 Å². The number of aromatic nitrogens is 1. The average molecular weight is 450 g/mol. The molecule has 0 saturated carbocycles. The summed E-state index contributed by atoms with van der Waals surface area (Å²) in [5.74, 6) is 1.77. The molecule has 0 aliphatic carbocycles. The fraction of sp³-hybridized carbons (Fsp3) is 0.429. The van der Waals surface area contributed by atoms with E-state index in [1.165, 1.54) is 38.5 Å². The number of aryl methyl sites for hydroxylation is 1. The first-order chi connectivity index (χ1) is 16.2. The van der Waals surface area contributed by atoms with Crippen LogP contribution in [0.3, 0.4) is 0 Å². The van der Waals surface area contributed by atoms with E-state index in [0.29, 0.717) is 17.9 Å². The molecular formula is C28H35NO4. The van der Waals surface area contributed by atoms with Gasteiger partial charge in [-0.2, -0.15) is 0 Å². The first-order valence-corrected chi connectivity index (χ1v) is 12.2. The lowest BCUT2D eigenvalue weighted by molar-refractivity contribution is 0.0734. The van der Waals surface area contributed by atoms with Gasteiger partial charge >= 0.3 is 5.97 Å². The Balaban J connectivity index is 1.47. The molecular weight excluding hydrogens is 414 g/mol. The highest BCUT2D eigenvalue weighted by Crippen LogP contribution is 2.24. The second kappa shape index (κ2) is 13.5. The van der Waals surface area contributed by atoms with E-state index in [2.05, 4.69) is 19.0 Å². The number of ether oxygens (including phenoxy) is 2. The molecule has 3 aromatic rings. The molecule has 33 heavy (non-hydrogen) atoms. The largest absolute Gasteiger partial charge is 0.494 e. The van der Waals surface area contributed by atoms with Gasteiger partial charge in [0, 0.05) is 18.1 Å². The molecule has 2 aromatic carbocycles. The molecule has 0 saturated heterocycles. The molecule has 0 radical (unpaired) electrons. The SMILES string of the molecule is CCCCCCCOc1ccc(C(=O)Oc2ccc(-c3cc(CCCCC)on3)cc2)cc1. The summed E-state index contributed by atoms with van der Waals surface area (Å²) in [7, 11) is 0. The monoisotopic (exact) mass is 449 g/mol. The van der Waals surface area contributed by atoms with E-state index in [9.17, 15) is 4.79 Å². The Kier molecular flexibility index (Phi) is 10.0. The van der Waals surface area contributed by atoms with Crippen LogP contribution in [0.25, 0.3) is 11.3 Å². The lowest BCUT2D eigenvalue weighted by atomic mass is 10.1. The van der Waals surface area contributed by atoms with Gasteiger partial charge in [-0.25, -0.2) is 4.79 Å². The molecule has 0 N–H and O–H groups in total. The molecule has 0 amide bonds. The highest BCUT2D eigenvalue weighted by molar-refractivity contribution is 5.91. The maximum Gasteiger partial charge on any atom is 0.343 e. The molecule has 0 spiro atoms. The Labute approximate surface area is 197 Å². The quantitative estimate of drug-likeness (QED) is 0.144. The van der Waals surface area contributed by atoms with Crippen LogP contribution in [0.15, 0.2) is 59.1 Å². The van der Waals surface area contributed by atoms with Crippen LogP contribution >= 0.6 is 0 Å². The van der Waals surface area contributed by atoms with E-state index >= 15 is 0 Å². The summed E-state index contributed by atoms with van der Waals surface area (Å²) in [5.41, 5.74) is 2.21. The van der Waals surface area contributed by atoms with Crippen molar-refractivity contribution in [2.75, 3.05) is 6.61 Å². The fourth-order valence-corrected chi connectivity index (χ4v) is 3.56. The third kappa shape index (κ3) is 8.08. The maximum atomic E-state index is 12.5. The van der Waals surface area contributed by atoms with E-state index < -0.39 is 5.97 Å². The zero-order valence-electron chi connectivity index (χ0n) is 19.8. The Morgan fingerprint density at radius 1 is 0.818 bits per heavy atom. The van der Waals surface area contributed by atoms with Crippen LogP contribution < -0.4 is 9.47 Å². The summed E-state index contributed by atoms with van der Waals surface area (Å²) in [6, 6.07) is 16.4. The number of unbranched alkanes of at least 4 members (excludes halogenated alkanes) is 6. The standard InChI is InChI=1S/C28H35NO4/c1-3-5-7-8-10-20-31-24-16-14-23(15-17-24)28(30)32-25-18-12-22(13-19-25)27-21-26(33-29-27)11-9-6-4-2/h12-19,21H,3-11,20H2,1-2H3. The first kappa shape index (κ1) is 24.6. The molecule has 5 nitrogen and oxygen atoms in total. The molecule has 0 atom stereocenters. The van der Waals surface area contributed by atoms with E-state index in [4.69, 9.17) is 14.0 Å². The molecule has 0 aliphatic rings. The van der Waals surface area contributed by atoms with Crippen molar-refractivity contribution in [1.82, 2.24) is 5.16 Å². The van der Waals surface area contributed by atoms with Crippen LogP contribution in [0.4, 0.5) is 0 Å². The van der Waals surface area contributed by atoms with Crippen LogP contribution in [-0.2, 0) is 6.42 Å². The van der Waals surface area contributed by atoms with Gasteiger partial charge in [-0.1, -0.05) is 57.5 Å². The van der Waals surface area contributed by atoms with Gasteiger partial charge in [-0.3, -0.25) is 0 Å². The van der Waals surface area contributed by atoms with E-state index in [1.54, 1.807) is 24.3 Å². The minimum atomic E-state index is -0.395. The molecule has 5 heteroatoms. The second-order valence-electron chi connectivity index (χ2n) is 8.34. The molecule has 0 bridgehead atoms. The zero-order chi connectivity index (χ0) is 23.3. The number of hydrogen-bond donors (Lipinski definition) is 0. The van der Waals surface area contributed by atoms with E-state index in [0.717, 1.165) is 42.0 Å².